The average Bonchev–Trinajstić information content (AvgIpc) is 3.02. The zero-order chi connectivity index (χ0) is 20.2. The normalized spacial score (nSPS) is 22.7. The minimum absolute atomic E-state index is 0.0625. The van der Waals surface area contributed by atoms with Crippen LogP contribution in [-0.4, -0.2) is 28.9 Å². The third-order valence-corrected chi connectivity index (χ3v) is 6.04. The zero-order valence-corrected chi connectivity index (χ0v) is 16.3. The van der Waals surface area contributed by atoms with Crippen LogP contribution in [0, 0.1) is 17.2 Å². The van der Waals surface area contributed by atoms with Gasteiger partial charge >= 0.3 is 6.09 Å². The van der Waals surface area contributed by atoms with E-state index in [1.807, 2.05) is 59.5 Å². The smallest absolute Gasteiger partial charge is 0.410 e. The fourth-order valence-electron chi connectivity index (χ4n) is 4.60. The van der Waals surface area contributed by atoms with E-state index in [1.54, 1.807) is 0 Å². The van der Waals surface area contributed by atoms with Gasteiger partial charge in [-0.15, -0.1) is 0 Å². The Hall–Kier alpha value is -3.13. The van der Waals surface area contributed by atoms with Crippen LogP contribution in [0.15, 0.2) is 54.6 Å². The number of piperidine rings is 1. The number of Topliss-reactive ketones (excluding diaryl/α,β-unsaturated/α-hetero) is 1. The van der Waals surface area contributed by atoms with Gasteiger partial charge in [-0.25, -0.2) is 4.79 Å². The molecular weight excluding hydrogens is 364 g/mol. The number of hydrogen-bond donors (Lipinski definition) is 0. The third kappa shape index (κ3) is 4.17. The van der Waals surface area contributed by atoms with Crippen LogP contribution in [0.4, 0.5) is 4.79 Å². The first-order valence-corrected chi connectivity index (χ1v) is 10.1. The van der Waals surface area contributed by atoms with Gasteiger partial charge in [-0.1, -0.05) is 54.6 Å². The number of rotatable bonds is 5. The summed E-state index contributed by atoms with van der Waals surface area (Å²) in [6.45, 7) is 0.271. The summed E-state index contributed by atoms with van der Waals surface area (Å²) in [4.78, 5) is 27.5. The van der Waals surface area contributed by atoms with Crippen molar-refractivity contribution in [3.8, 4) is 6.07 Å². The van der Waals surface area contributed by atoms with E-state index in [1.165, 1.54) is 0 Å². The fourth-order valence-corrected chi connectivity index (χ4v) is 4.60. The highest BCUT2D eigenvalue weighted by molar-refractivity contribution is 5.98. The number of nitriles is 1. The van der Waals surface area contributed by atoms with Crippen molar-refractivity contribution in [2.45, 2.75) is 50.8 Å². The number of carbonyl (C=O) groups excluding carboxylic acids is 2. The van der Waals surface area contributed by atoms with Crippen molar-refractivity contribution < 1.29 is 14.3 Å². The van der Waals surface area contributed by atoms with Gasteiger partial charge in [0.1, 0.15) is 6.61 Å². The monoisotopic (exact) mass is 388 g/mol. The number of hydrogen-bond acceptors (Lipinski definition) is 4. The summed E-state index contributed by atoms with van der Waals surface area (Å²) in [5.74, 6) is 0.0789. The molecule has 29 heavy (non-hydrogen) atoms. The standard InChI is InChI=1S/C24H24N2O3/c25-13-12-17-6-8-19(9-7-17)23(27)20-14-21-10-11-22(15-20)26(21)24(28)29-16-18-4-2-1-3-5-18/h1-9,20-22H,10-12,14-16H2. The number of benzene rings is 2. The molecule has 0 radical (unpaired) electrons. The first kappa shape index (κ1) is 19.2. The first-order valence-electron chi connectivity index (χ1n) is 10.1. The van der Waals surface area contributed by atoms with Crippen molar-refractivity contribution in [1.82, 2.24) is 4.90 Å². The topological polar surface area (TPSA) is 70.4 Å². The molecule has 2 bridgehead atoms. The minimum Gasteiger partial charge on any atom is -0.445 e. The molecule has 1 amide bonds. The van der Waals surface area contributed by atoms with Gasteiger partial charge in [0.25, 0.3) is 0 Å². The van der Waals surface area contributed by atoms with Crippen LogP contribution in [0.3, 0.4) is 0 Å². The van der Waals surface area contributed by atoms with E-state index in [0.717, 1.165) is 24.0 Å². The van der Waals surface area contributed by atoms with Crippen molar-refractivity contribution in [3.05, 3.63) is 71.3 Å². The van der Waals surface area contributed by atoms with Crippen molar-refractivity contribution in [2.24, 2.45) is 5.92 Å². The van der Waals surface area contributed by atoms with Gasteiger partial charge < -0.3 is 9.64 Å². The largest absolute Gasteiger partial charge is 0.445 e. The number of carbonyl (C=O) groups is 2. The van der Waals surface area contributed by atoms with Gasteiger partial charge in [0.2, 0.25) is 0 Å². The summed E-state index contributed by atoms with van der Waals surface area (Å²) in [6.07, 6.45) is 3.31. The lowest BCUT2D eigenvalue weighted by atomic mass is 9.84. The number of nitrogens with zero attached hydrogens (tertiary/aromatic N) is 2. The van der Waals surface area contributed by atoms with E-state index in [-0.39, 0.29) is 36.5 Å². The van der Waals surface area contributed by atoms with E-state index in [4.69, 9.17) is 10.00 Å². The van der Waals surface area contributed by atoms with Crippen LogP contribution in [0.2, 0.25) is 0 Å². The Kier molecular flexibility index (Phi) is 5.62. The molecule has 148 valence electrons. The molecule has 2 saturated heterocycles. The quantitative estimate of drug-likeness (QED) is 0.707. The molecule has 0 aliphatic carbocycles. The predicted octanol–water partition coefficient (Wildman–Crippen LogP) is 4.52. The Morgan fingerprint density at radius 2 is 1.62 bits per heavy atom. The SMILES string of the molecule is N#CCc1ccc(C(=O)C2CC3CCC(C2)N3C(=O)OCc2ccccc2)cc1. The van der Waals surface area contributed by atoms with E-state index in [2.05, 4.69) is 6.07 Å². The molecule has 0 spiro atoms. The molecule has 0 saturated carbocycles. The lowest BCUT2D eigenvalue weighted by Crippen LogP contribution is -2.48. The second kappa shape index (κ2) is 8.48. The predicted molar refractivity (Wildman–Crippen MR) is 108 cm³/mol. The number of ketones is 1. The van der Waals surface area contributed by atoms with E-state index in [9.17, 15) is 9.59 Å². The molecule has 0 aromatic heterocycles. The van der Waals surface area contributed by atoms with Crippen molar-refractivity contribution in [3.63, 3.8) is 0 Å². The number of ether oxygens (including phenoxy) is 1. The molecule has 5 nitrogen and oxygen atoms in total. The maximum atomic E-state index is 13.0. The van der Waals surface area contributed by atoms with E-state index in [0.29, 0.717) is 24.8 Å². The Bertz CT molecular complexity index is 903. The summed E-state index contributed by atoms with van der Waals surface area (Å²) < 4.78 is 5.54. The number of amides is 1. The second-order valence-corrected chi connectivity index (χ2v) is 7.90. The molecular formula is C24H24N2O3. The molecule has 2 heterocycles. The average molecular weight is 388 g/mol. The van der Waals surface area contributed by atoms with Crippen LogP contribution in [-0.2, 0) is 17.8 Å². The molecule has 2 aliphatic rings. The molecule has 2 aliphatic heterocycles. The van der Waals surface area contributed by atoms with Crippen LogP contribution in [0.1, 0.15) is 47.2 Å². The van der Waals surface area contributed by atoms with Gasteiger partial charge in [0.05, 0.1) is 12.5 Å². The van der Waals surface area contributed by atoms with E-state index < -0.39 is 0 Å². The summed E-state index contributed by atoms with van der Waals surface area (Å²) >= 11 is 0. The molecule has 2 fully saturated rings. The first-order chi connectivity index (χ1) is 14.2. The molecule has 2 unspecified atom stereocenters. The zero-order valence-electron chi connectivity index (χ0n) is 16.3. The van der Waals surface area contributed by atoms with Gasteiger partial charge in [0, 0.05) is 23.6 Å². The molecule has 5 heteroatoms. The van der Waals surface area contributed by atoms with Crippen molar-refractivity contribution in [2.75, 3.05) is 0 Å². The summed E-state index contributed by atoms with van der Waals surface area (Å²) in [5, 5.41) is 8.78. The second-order valence-electron chi connectivity index (χ2n) is 7.90. The Balaban J connectivity index is 1.37. The van der Waals surface area contributed by atoms with Crippen molar-refractivity contribution >= 4 is 11.9 Å². The highest BCUT2D eigenvalue weighted by Gasteiger charge is 2.45. The van der Waals surface area contributed by atoms with Gasteiger partial charge in [-0.3, -0.25) is 4.79 Å². The van der Waals surface area contributed by atoms with E-state index >= 15 is 0 Å². The van der Waals surface area contributed by atoms with Crippen LogP contribution in [0.25, 0.3) is 0 Å². The van der Waals surface area contributed by atoms with Crippen LogP contribution >= 0.6 is 0 Å². The lowest BCUT2D eigenvalue weighted by molar-refractivity contribution is 0.0485. The maximum Gasteiger partial charge on any atom is 0.410 e. The Morgan fingerprint density at radius 3 is 2.24 bits per heavy atom. The summed E-state index contributed by atoms with van der Waals surface area (Å²) in [6, 6.07) is 19.3. The minimum atomic E-state index is -0.270. The van der Waals surface area contributed by atoms with Crippen LogP contribution in [0.5, 0.6) is 0 Å². The van der Waals surface area contributed by atoms with Gasteiger partial charge in [0.15, 0.2) is 5.78 Å². The highest BCUT2D eigenvalue weighted by atomic mass is 16.6. The van der Waals surface area contributed by atoms with Gasteiger partial charge in [-0.05, 0) is 36.8 Å². The molecule has 4 rings (SSSR count). The highest BCUT2D eigenvalue weighted by Crippen LogP contribution is 2.40. The lowest BCUT2D eigenvalue weighted by Gasteiger charge is -2.37. The number of fused-ring (bicyclic) bond motifs is 2. The summed E-state index contributed by atoms with van der Waals surface area (Å²) in [7, 11) is 0. The molecule has 2 atom stereocenters. The van der Waals surface area contributed by atoms with Gasteiger partial charge in [-0.2, -0.15) is 5.26 Å². The fraction of sp³-hybridized carbons (Fsp3) is 0.375. The summed E-state index contributed by atoms with van der Waals surface area (Å²) in [5.41, 5.74) is 2.58. The Labute approximate surface area is 170 Å². The molecule has 2 aromatic rings. The van der Waals surface area contributed by atoms with Crippen LogP contribution < -0.4 is 0 Å². The van der Waals surface area contributed by atoms with Crippen molar-refractivity contribution in [1.29, 1.82) is 5.26 Å². The molecule has 2 aromatic carbocycles. The molecule has 0 N–H and O–H groups in total. The Morgan fingerprint density at radius 1 is 0.966 bits per heavy atom. The maximum absolute atomic E-state index is 13.0. The third-order valence-electron chi connectivity index (χ3n) is 6.04.